The highest BCUT2D eigenvalue weighted by atomic mass is 16.5. The van der Waals surface area contributed by atoms with Gasteiger partial charge < -0.3 is 15.0 Å². The van der Waals surface area contributed by atoms with Crippen molar-refractivity contribution < 1.29 is 9.53 Å². The molecule has 3 rings (SSSR count). The van der Waals surface area contributed by atoms with Crippen molar-refractivity contribution in [2.45, 2.75) is 26.2 Å². The van der Waals surface area contributed by atoms with Crippen molar-refractivity contribution >= 4 is 11.6 Å². The van der Waals surface area contributed by atoms with E-state index in [-0.39, 0.29) is 11.8 Å². The lowest BCUT2D eigenvalue weighted by molar-refractivity contribution is -0.120. The van der Waals surface area contributed by atoms with Gasteiger partial charge >= 0.3 is 0 Å². The van der Waals surface area contributed by atoms with Gasteiger partial charge in [0.1, 0.15) is 5.82 Å². The summed E-state index contributed by atoms with van der Waals surface area (Å²) in [6.45, 7) is 1.94. The van der Waals surface area contributed by atoms with Gasteiger partial charge in [0, 0.05) is 24.1 Å². The molecule has 21 heavy (non-hydrogen) atoms. The van der Waals surface area contributed by atoms with E-state index in [1.165, 1.54) is 0 Å². The number of aromatic amines is 1. The Morgan fingerprint density at radius 3 is 3.05 bits per heavy atom. The van der Waals surface area contributed by atoms with Gasteiger partial charge in [0.25, 0.3) is 0 Å². The van der Waals surface area contributed by atoms with Crippen molar-refractivity contribution in [3.8, 4) is 5.88 Å². The Balaban J connectivity index is 1.66. The first-order valence-electron chi connectivity index (χ1n) is 7.01. The summed E-state index contributed by atoms with van der Waals surface area (Å²) in [5, 5.41) is 2.91. The smallest absolute Gasteiger partial charge is 0.227 e. The normalized spacial score (nSPS) is 17.1. The van der Waals surface area contributed by atoms with E-state index in [0.717, 1.165) is 30.1 Å². The van der Waals surface area contributed by atoms with Crippen LogP contribution in [0.25, 0.3) is 0 Å². The fraction of sp³-hybridized carbons (Fsp3) is 0.400. The van der Waals surface area contributed by atoms with Gasteiger partial charge in [-0.2, -0.15) is 0 Å². The van der Waals surface area contributed by atoms with Gasteiger partial charge in [-0.1, -0.05) is 0 Å². The molecule has 2 N–H and O–H groups in total. The Morgan fingerprint density at radius 2 is 2.33 bits per heavy atom. The van der Waals surface area contributed by atoms with Crippen LogP contribution in [0.1, 0.15) is 23.6 Å². The predicted octanol–water partition coefficient (Wildman–Crippen LogP) is 1.87. The average molecular weight is 286 g/mol. The topological polar surface area (TPSA) is 79.9 Å². The van der Waals surface area contributed by atoms with Crippen LogP contribution in [0.3, 0.4) is 0 Å². The number of aryl methyl sites for hydroxylation is 2. The van der Waals surface area contributed by atoms with Gasteiger partial charge in [-0.3, -0.25) is 4.79 Å². The van der Waals surface area contributed by atoms with E-state index in [0.29, 0.717) is 18.0 Å². The average Bonchev–Trinajstić information content (AvgIpc) is 2.87. The molecule has 0 aromatic carbocycles. The number of carbonyl (C=O) groups excluding carboxylic acids is 1. The zero-order chi connectivity index (χ0) is 14.8. The predicted molar refractivity (Wildman–Crippen MR) is 78.3 cm³/mol. The largest absolute Gasteiger partial charge is 0.481 e. The molecule has 0 saturated carbocycles. The van der Waals surface area contributed by atoms with Crippen LogP contribution in [0.2, 0.25) is 0 Å². The number of hydrogen-bond acceptors (Lipinski definition) is 4. The van der Waals surface area contributed by atoms with Crippen LogP contribution < -0.4 is 10.1 Å². The maximum absolute atomic E-state index is 12.3. The summed E-state index contributed by atoms with van der Waals surface area (Å²) in [7, 11) is 1.56. The monoisotopic (exact) mass is 286 g/mol. The van der Waals surface area contributed by atoms with E-state index in [9.17, 15) is 4.79 Å². The summed E-state index contributed by atoms with van der Waals surface area (Å²) >= 11 is 0. The molecule has 1 aliphatic rings. The third kappa shape index (κ3) is 2.89. The fourth-order valence-electron chi connectivity index (χ4n) is 2.67. The van der Waals surface area contributed by atoms with Crippen molar-refractivity contribution in [2.75, 3.05) is 12.4 Å². The molecular weight excluding hydrogens is 268 g/mol. The van der Waals surface area contributed by atoms with Gasteiger partial charge in [0.15, 0.2) is 0 Å². The summed E-state index contributed by atoms with van der Waals surface area (Å²) < 4.78 is 5.00. The summed E-state index contributed by atoms with van der Waals surface area (Å²) in [6, 6.07) is 3.52. The Hall–Kier alpha value is -2.37. The van der Waals surface area contributed by atoms with Crippen molar-refractivity contribution in [2.24, 2.45) is 5.92 Å². The molecule has 1 unspecified atom stereocenters. The molecule has 110 valence electrons. The number of hydrogen-bond donors (Lipinski definition) is 2. The van der Waals surface area contributed by atoms with Gasteiger partial charge in [-0.15, -0.1) is 0 Å². The number of anilines is 1. The van der Waals surface area contributed by atoms with Crippen molar-refractivity contribution in [1.82, 2.24) is 15.0 Å². The van der Waals surface area contributed by atoms with Gasteiger partial charge in [0.05, 0.1) is 24.7 Å². The molecule has 1 aliphatic carbocycles. The number of imidazole rings is 1. The number of amides is 1. The lowest BCUT2D eigenvalue weighted by Gasteiger charge is -2.20. The number of methoxy groups -OCH3 is 1. The van der Waals surface area contributed by atoms with E-state index in [1.54, 1.807) is 25.4 Å². The highest BCUT2D eigenvalue weighted by Crippen LogP contribution is 2.25. The fourth-order valence-corrected chi connectivity index (χ4v) is 2.67. The first-order valence-corrected chi connectivity index (χ1v) is 7.01. The first-order chi connectivity index (χ1) is 10.2. The summed E-state index contributed by atoms with van der Waals surface area (Å²) in [5.41, 5.74) is 2.88. The Labute approximate surface area is 123 Å². The maximum Gasteiger partial charge on any atom is 0.227 e. The Kier molecular flexibility index (Phi) is 3.60. The van der Waals surface area contributed by atoms with Crippen LogP contribution in [0.15, 0.2) is 18.3 Å². The molecular formula is C15H18N4O2. The molecule has 0 bridgehead atoms. The molecule has 2 aromatic heterocycles. The molecule has 0 radical (unpaired) electrons. The Morgan fingerprint density at radius 1 is 1.48 bits per heavy atom. The van der Waals surface area contributed by atoms with E-state index in [4.69, 9.17) is 4.74 Å². The molecule has 0 saturated heterocycles. The van der Waals surface area contributed by atoms with Crippen molar-refractivity contribution in [3.63, 3.8) is 0 Å². The molecule has 0 fully saturated rings. The van der Waals surface area contributed by atoms with Gasteiger partial charge in [-0.25, -0.2) is 9.97 Å². The molecule has 2 heterocycles. The van der Waals surface area contributed by atoms with E-state index < -0.39 is 0 Å². The van der Waals surface area contributed by atoms with Gasteiger partial charge in [-0.05, 0) is 25.8 Å². The van der Waals surface area contributed by atoms with Crippen LogP contribution >= 0.6 is 0 Å². The van der Waals surface area contributed by atoms with Crippen LogP contribution in [-0.4, -0.2) is 28.0 Å². The molecule has 1 atom stereocenters. The lowest BCUT2D eigenvalue weighted by Crippen LogP contribution is -2.28. The standard InChI is InChI=1S/C15H18N4O2/c1-9-17-12-5-3-10(7-13(12)18-9)15(20)19-11-4-6-14(21-2)16-8-11/h4,6,8,10H,3,5,7H2,1-2H3,(H,17,18)(H,19,20). The summed E-state index contributed by atoms with van der Waals surface area (Å²) in [5.74, 6) is 1.45. The lowest BCUT2D eigenvalue weighted by atomic mass is 9.89. The zero-order valence-electron chi connectivity index (χ0n) is 12.1. The minimum atomic E-state index is -0.0283. The second-order valence-electron chi connectivity index (χ2n) is 5.27. The van der Waals surface area contributed by atoms with Crippen LogP contribution in [0.4, 0.5) is 5.69 Å². The molecule has 6 heteroatoms. The molecule has 0 spiro atoms. The highest BCUT2D eigenvalue weighted by Gasteiger charge is 2.26. The third-order valence-corrected chi connectivity index (χ3v) is 3.75. The SMILES string of the molecule is COc1ccc(NC(=O)C2CCc3nc(C)[nH]c3C2)cn1. The second-order valence-corrected chi connectivity index (χ2v) is 5.27. The maximum atomic E-state index is 12.3. The number of H-pyrrole nitrogens is 1. The van der Waals surface area contributed by atoms with E-state index in [2.05, 4.69) is 20.3 Å². The van der Waals surface area contributed by atoms with Crippen molar-refractivity contribution in [3.05, 3.63) is 35.5 Å². The highest BCUT2D eigenvalue weighted by molar-refractivity contribution is 5.92. The number of aromatic nitrogens is 3. The first kappa shape index (κ1) is 13.6. The van der Waals surface area contributed by atoms with Crippen molar-refractivity contribution in [1.29, 1.82) is 0 Å². The quantitative estimate of drug-likeness (QED) is 0.902. The van der Waals surface area contributed by atoms with Crippen LogP contribution in [0.5, 0.6) is 5.88 Å². The molecule has 6 nitrogen and oxygen atoms in total. The second kappa shape index (κ2) is 5.55. The number of nitrogens with one attached hydrogen (secondary N) is 2. The van der Waals surface area contributed by atoms with E-state index >= 15 is 0 Å². The van der Waals surface area contributed by atoms with E-state index in [1.807, 2.05) is 6.92 Å². The minimum Gasteiger partial charge on any atom is -0.481 e. The Bertz CT molecular complexity index is 648. The number of fused-ring (bicyclic) bond motifs is 1. The van der Waals surface area contributed by atoms with Gasteiger partial charge in [0.2, 0.25) is 11.8 Å². The number of nitrogens with zero attached hydrogens (tertiary/aromatic N) is 2. The molecule has 1 amide bonds. The molecule has 0 aliphatic heterocycles. The number of ether oxygens (including phenoxy) is 1. The minimum absolute atomic E-state index is 0.0277. The van der Waals surface area contributed by atoms with Crippen LogP contribution in [-0.2, 0) is 17.6 Å². The summed E-state index contributed by atoms with van der Waals surface area (Å²) in [4.78, 5) is 24.1. The zero-order valence-corrected chi connectivity index (χ0v) is 12.1. The number of pyridine rings is 1. The van der Waals surface area contributed by atoms with Crippen LogP contribution in [0, 0.1) is 12.8 Å². The summed E-state index contributed by atoms with van der Waals surface area (Å²) in [6.07, 6.45) is 3.99. The third-order valence-electron chi connectivity index (χ3n) is 3.75. The number of rotatable bonds is 3. The number of carbonyl (C=O) groups is 1. The molecule has 2 aromatic rings.